The fourth-order valence-corrected chi connectivity index (χ4v) is 7.10. The predicted octanol–water partition coefficient (Wildman–Crippen LogP) is 4.64. The Morgan fingerprint density at radius 1 is 0.764 bits per heavy atom. The maximum atomic E-state index is 14.7. The molecule has 0 unspecified atom stereocenters. The van der Waals surface area contributed by atoms with E-state index < -0.39 is 119 Å². The van der Waals surface area contributed by atoms with Gasteiger partial charge in [0.25, 0.3) is 0 Å². The van der Waals surface area contributed by atoms with E-state index >= 15 is 0 Å². The molecule has 0 amide bonds. The Bertz CT molecular complexity index is 1690. The van der Waals surface area contributed by atoms with Crippen molar-refractivity contribution in [3.05, 3.63) is 60.2 Å². The van der Waals surface area contributed by atoms with Crippen LogP contribution in [0.1, 0.15) is 92.9 Å². The molecule has 14 nitrogen and oxygen atoms in total. The Morgan fingerprint density at radius 2 is 1.29 bits per heavy atom. The minimum Gasteiger partial charge on any atom is -0.458 e. The minimum atomic E-state index is -2.59. The summed E-state index contributed by atoms with van der Waals surface area (Å²) in [6, 6.07) is 7.76. The zero-order valence-electron chi connectivity index (χ0n) is 33.4. The molecule has 14 heteroatoms. The van der Waals surface area contributed by atoms with Crippen LogP contribution in [0.2, 0.25) is 0 Å². The van der Waals surface area contributed by atoms with Crippen molar-refractivity contribution in [1.82, 2.24) is 0 Å². The molecule has 1 aromatic carbocycles. The van der Waals surface area contributed by atoms with Crippen molar-refractivity contribution in [3.63, 3.8) is 0 Å². The highest BCUT2D eigenvalue weighted by molar-refractivity contribution is 5.93. The smallest absolute Gasteiger partial charge is 0.338 e. The lowest BCUT2D eigenvalue weighted by Gasteiger charge is -2.44. The fourth-order valence-electron chi connectivity index (χ4n) is 7.10. The van der Waals surface area contributed by atoms with Gasteiger partial charge in [-0.3, -0.25) is 28.8 Å². The SMILES string of the molecule is C=C1[C@H](OC(=O)C(C)C)[C@@H](OC(C)=O)[C@@H](OC(C)=O)C(C)(C)/C=C/[C@H](C)C(=O)[C@@]2(O)C[C@@](C)(OC(C)=O)[C@H](OC(=O)c3ccccc3)[C@@H]2[C@H]1OC(=O)C(C)C. The standard InChI is InChI=1S/C41H54O14/c1-21(2)36(46)52-30-24(6)31(53-37(47)22(3)4)32(50-25(7)42)35(51-26(8)43)39(10,11)19-18-23(5)33(45)41(49)20-40(12,55-27(9)44)34(29(30)41)54-38(48)28-16-14-13-15-17-28/h13-19,21-23,29-32,34-35,49H,6,20H2,1-5,7-12H3/b19-18+/t23-,29-,30-,31-,32+,34+,35+,40+,41+/m0/s1. The van der Waals surface area contributed by atoms with Crippen LogP contribution in [-0.4, -0.2) is 88.4 Å². The van der Waals surface area contributed by atoms with Crippen molar-refractivity contribution in [2.45, 2.75) is 124 Å². The predicted molar refractivity (Wildman–Crippen MR) is 196 cm³/mol. The monoisotopic (exact) mass is 770 g/mol. The number of benzene rings is 1. The maximum Gasteiger partial charge on any atom is 0.338 e. The van der Waals surface area contributed by atoms with Crippen LogP contribution in [-0.2, 0) is 57.2 Å². The van der Waals surface area contributed by atoms with Gasteiger partial charge in [-0.05, 0) is 19.1 Å². The van der Waals surface area contributed by atoms with E-state index in [4.69, 9.17) is 28.4 Å². The minimum absolute atomic E-state index is 0.0681. The number of carbonyl (C=O) groups is 7. The first kappa shape index (κ1) is 44.5. The van der Waals surface area contributed by atoms with Gasteiger partial charge in [-0.25, -0.2) is 4.79 Å². The van der Waals surface area contributed by atoms with Gasteiger partial charge in [0.2, 0.25) is 0 Å². The average molecular weight is 771 g/mol. The summed E-state index contributed by atoms with van der Waals surface area (Å²) in [6.07, 6.45) is -6.14. The number of carbonyl (C=O) groups excluding carboxylic acids is 7. The average Bonchev–Trinajstić information content (AvgIpc) is 3.30. The number of ether oxygens (including phenoxy) is 6. The molecule has 1 saturated carbocycles. The zero-order chi connectivity index (χ0) is 41.8. The number of fused-ring (bicyclic) bond motifs is 1. The third-order valence-electron chi connectivity index (χ3n) is 9.79. The molecule has 9 atom stereocenters. The van der Waals surface area contributed by atoms with E-state index in [1.54, 1.807) is 32.0 Å². The molecule has 1 N–H and O–H groups in total. The summed E-state index contributed by atoms with van der Waals surface area (Å²) in [5.74, 6) is -10.5. The Hall–Kier alpha value is -4.85. The van der Waals surface area contributed by atoms with E-state index in [0.29, 0.717) is 0 Å². The molecule has 0 bridgehead atoms. The molecule has 1 fully saturated rings. The lowest BCUT2D eigenvalue weighted by atomic mass is 9.72. The summed E-state index contributed by atoms with van der Waals surface area (Å²) >= 11 is 0. The second-order valence-corrected chi connectivity index (χ2v) is 15.8. The summed E-state index contributed by atoms with van der Waals surface area (Å²) in [5, 5.41) is 12.9. The van der Waals surface area contributed by atoms with Gasteiger partial charge in [-0.1, -0.05) is 85.4 Å². The molecule has 55 heavy (non-hydrogen) atoms. The Labute approximate surface area is 321 Å². The van der Waals surface area contributed by atoms with Crippen molar-refractivity contribution >= 4 is 41.6 Å². The van der Waals surface area contributed by atoms with Crippen molar-refractivity contribution in [2.75, 3.05) is 0 Å². The molecule has 0 radical (unpaired) electrons. The molecule has 0 aliphatic heterocycles. The molecule has 302 valence electrons. The van der Waals surface area contributed by atoms with E-state index in [1.165, 1.54) is 65.8 Å². The highest BCUT2D eigenvalue weighted by atomic mass is 16.6. The number of hydrogen-bond acceptors (Lipinski definition) is 14. The lowest BCUT2D eigenvalue weighted by molar-refractivity contribution is -0.193. The van der Waals surface area contributed by atoms with Crippen molar-refractivity contribution in [1.29, 1.82) is 0 Å². The molecule has 3 rings (SSSR count). The van der Waals surface area contributed by atoms with Gasteiger partial charge in [0.05, 0.1) is 23.3 Å². The van der Waals surface area contributed by atoms with Crippen LogP contribution < -0.4 is 0 Å². The van der Waals surface area contributed by atoms with Crippen LogP contribution in [0.5, 0.6) is 0 Å². The van der Waals surface area contributed by atoms with E-state index in [1.807, 2.05) is 0 Å². The fraction of sp³-hybridized carbons (Fsp3) is 0.585. The molecular formula is C41H54O14. The second-order valence-electron chi connectivity index (χ2n) is 15.8. The molecule has 0 aromatic heterocycles. The van der Waals surface area contributed by atoms with Crippen LogP contribution in [0.25, 0.3) is 0 Å². The van der Waals surface area contributed by atoms with Gasteiger partial charge in [0, 0.05) is 44.1 Å². The molecule has 0 saturated heterocycles. The Morgan fingerprint density at radius 3 is 1.78 bits per heavy atom. The highest BCUT2D eigenvalue weighted by Crippen LogP contribution is 2.52. The quantitative estimate of drug-likeness (QED) is 0.207. The summed E-state index contributed by atoms with van der Waals surface area (Å²) in [7, 11) is 0. The molecule has 0 heterocycles. The first-order valence-corrected chi connectivity index (χ1v) is 18.2. The summed E-state index contributed by atoms with van der Waals surface area (Å²) in [6.45, 7) is 19.7. The maximum absolute atomic E-state index is 14.7. The highest BCUT2D eigenvalue weighted by Gasteiger charge is 2.69. The van der Waals surface area contributed by atoms with Gasteiger partial charge in [-0.2, -0.15) is 0 Å². The van der Waals surface area contributed by atoms with Crippen LogP contribution in [0.4, 0.5) is 0 Å². The van der Waals surface area contributed by atoms with E-state index in [2.05, 4.69) is 6.58 Å². The third kappa shape index (κ3) is 10.1. The number of esters is 6. The number of rotatable bonds is 9. The van der Waals surface area contributed by atoms with Gasteiger partial charge in [0.15, 0.2) is 30.2 Å². The van der Waals surface area contributed by atoms with Gasteiger partial charge in [-0.15, -0.1) is 0 Å². The summed E-state index contributed by atoms with van der Waals surface area (Å²) in [4.78, 5) is 94.0. The number of aliphatic hydroxyl groups is 1. The van der Waals surface area contributed by atoms with Crippen LogP contribution in [0, 0.1) is 29.1 Å². The lowest BCUT2D eigenvalue weighted by Crippen LogP contribution is -2.58. The first-order chi connectivity index (χ1) is 25.4. The number of hydrogen-bond donors (Lipinski definition) is 1. The van der Waals surface area contributed by atoms with Gasteiger partial charge < -0.3 is 33.5 Å². The molecule has 1 aromatic rings. The summed E-state index contributed by atoms with van der Waals surface area (Å²) in [5.41, 5.74) is -6.06. The molecule has 2 aliphatic carbocycles. The number of ketones is 1. The van der Waals surface area contributed by atoms with Crippen molar-refractivity contribution in [2.24, 2.45) is 29.1 Å². The third-order valence-corrected chi connectivity index (χ3v) is 9.79. The van der Waals surface area contributed by atoms with Crippen LogP contribution in [0.15, 0.2) is 54.6 Å². The molecular weight excluding hydrogens is 716 g/mol. The van der Waals surface area contributed by atoms with Gasteiger partial charge in [0.1, 0.15) is 17.3 Å². The number of Topliss-reactive ketones (excluding diaryl/α,β-unsaturated/α-hetero) is 1. The second kappa shape index (κ2) is 17.3. The molecule has 0 spiro atoms. The van der Waals surface area contributed by atoms with Crippen molar-refractivity contribution < 1.29 is 67.1 Å². The molecule has 2 aliphatic rings. The topological polar surface area (TPSA) is 195 Å². The first-order valence-electron chi connectivity index (χ1n) is 18.2. The van der Waals surface area contributed by atoms with E-state index in [9.17, 15) is 38.7 Å². The van der Waals surface area contributed by atoms with Gasteiger partial charge >= 0.3 is 35.8 Å². The van der Waals surface area contributed by atoms with E-state index in [0.717, 1.165) is 20.8 Å². The number of allylic oxidation sites excluding steroid dienone is 1. The zero-order valence-corrected chi connectivity index (χ0v) is 33.4. The largest absolute Gasteiger partial charge is 0.458 e. The summed E-state index contributed by atoms with van der Waals surface area (Å²) < 4.78 is 35.6. The normalized spacial score (nSPS) is 31.2. The van der Waals surface area contributed by atoms with E-state index in [-0.39, 0.29) is 11.1 Å². The Kier molecular flexibility index (Phi) is 14.0. The van der Waals surface area contributed by atoms with Crippen LogP contribution >= 0.6 is 0 Å². The van der Waals surface area contributed by atoms with Crippen molar-refractivity contribution in [3.8, 4) is 0 Å². The Balaban J connectivity index is 2.55. The van der Waals surface area contributed by atoms with Crippen LogP contribution in [0.3, 0.4) is 0 Å².